The highest BCUT2D eigenvalue weighted by atomic mass is 28.4. The number of ether oxygens (including phenoxy) is 1. The SMILES string of the molecule is COc1ccc(CN2CC[C@@H](O[Si](C)(C)C(C)(C)C)[C@H](O)[C@H]2NC(C)=O)cc1. The Hall–Kier alpha value is -1.41. The smallest absolute Gasteiger partial charge is 0.218 e. The molecule has 7 heteroatoms. The first-order chi connectivity index (χ1) is 12.9. The largest absolute Gasteiger partial charge is 0.497 e. The van der Waals surface area contributed by atoms with Crippen molar-refractivity contribution in [1.29, 1.82) is 0 Å². The number of benzene rings is 1. The molecule has 1 amide bonds. The second-order valence-corrected chi connectivity index (χ2v) is 13.9. The van der Waals surface area contributed by atoms with Crippen LogP contribution in [-0.4, -0.2) is 56.3 Å². The normalized spacial score (nSPS) is 24.1. The summed E-state index contributed by atoms with van der Waals surface area (Å²) in [4.78, 5) is 13.9. The number of nitrogens with one attached hydrogen (secondary N) is 1. The van der Waals surface area contributed by atoms with Gasteiger partial charge in [-0.1, -0.05) is 32.9 Å². The zero-order valence-electron chi connectivity index (χ0n) is 18.3. The van der Waals surface area contributed by atoms with Crippen LogP contribution in [0.2, 0.25) is 18.1 Å². The van der Waals surface area contributed by atoms with Gasteiger partial charge in [-0.25, -0.2) is 0 Å². The number of amides is 1. The van der Waals surface area contributed by atoms with Crippen LogP contribution in [0.1, 0.15) is 39.7 Å². The summed E-state index contributed by atoms with van der Waals surface area (Å²) in [6, 6.07) is 7.86. The summed E-state index contributed by atoms with van der Waals surface area (Å²) >= 11 is 0. The molecule has 1 aromatic carbocycles. The van der Waals surface area contributed by atoms with Gasteiger partial charge in [-0.15, -0.1) is 0 Å². The van der Waals surface area contributed by atoms with Crippen molar-refractivity contribution in [3.05, 3.63) is 29.8 Å². The van der Waals surface area contributed by atoms with Crippen molar-refractivity contribution in [1.82, 2.24) is 10.2 Å². The summed E-state index contributed by atoms with van der Waals surface area (Å²) in [5.41, 5.74) is 1.10. The summed E-state index contributed by atoms with van der Waals surface area (Å²) in [5, 5.41) is 14.1. The van der Waals surface area contributed by atoms with Gasteiger partial charge in [0.2, 0.25) is 5.91 Å². The van der Waals surface area contributed by atoms with Crippen LogP contribution in [0.5, 0.6) is 5.75 Å². The van der Waals surface area contributed by atoms with Gasteiger partial charge < -0.3 is 19.6 Å². The molecule has 1 saturated heterocycles. The minimum atomic E-state index is -2.02. The number of aliphatic hydroxyl groups is 1. The van der Waals surface area contributed by atoms with Crippen LogP contribution in [0.3, 0.4) is 0 Å². The highest BCUT2D eigenvalue weighted by Crippen LogP contribution is 2.39. The molecule has 2 N–H and O–H groups in total. The molecule has 28 heavy (non-hydrogen) atoms. The summed E-state index contributed by atoms with van der Waals surface area (Å²) in [6.45, 7) is 13.8. The van der Waals surface area contributed by atoms with Gasteiger partial charge in [0.25, 0.3) is 0 Å². The van der Waals surface area contributed by atoms with E-state index < -0.39 is 20.6 Å². The van der Waals surface area contributed by atoms with Crippen LogP contribution >= 0.6 is 0 Å². The third kappa shape index (κ3) is 5.56. The molecule has 0 aliphatic carbocycles. The first-order valence-electron chi connectivity index (χ1n) is 9.94. The summed E-state index contributed by atoms with van der Waals surface area (Å²) in [5.74, 6) is 0.653. The molecule has 0 bridgehead atoms. The molecule has 0 aromatic heterocycles. The molecule has 1 aliphatic heterocycles. The number of aliphatic hydroxyl groups excluding tert-OH is 1. The minimum Gasteiger partial charge on any atom is -0.497 e. The third-order valence-electron chi connectivity index (χ3n) is 5.95. The van der Waals surface area contributed by atoms with E-state index in [2.05, 4.69) is 44.1 Å². The van der Waals surface area contributed by atoms with Crippen molar-refractivity contribution < 1.29 is 19.1 Å². The maximum Gasteiger partial charge on any atom is 0.218 e. The topological polar surface area (TPSA) is 71.0 Å². The Bertz CT molecular complexity index is 657. The molecular formula is C21H36N2O4Si. The predicted octanol–water partition coefficient (Wildman–Crippen LogP) is 3.11. The first kappa shape index (κ1) is 22.9. The van der Waals surface area contributed by atoms with E-state index in [-0.39, 0.29) is 17.0 Å². The van der Waals surface area contributed by atoms with Crippen LogP contribution in [0.15, 0.2) is 24.3 Å². The molecular weight excluding hydrogens is 372 g/mol. The van der Waals surface area contributed by atoms with Crippen LogP contribution in [0.25, 0.3) is 0 Å². The van der Waals surface area contributed by atoms with E-state index in [0.717, 1.165) is 24.3 Å². The number of methoxy groups -OCH3 is 1. The fraction of sp³-hybridized carbons (Fsp3) is 0.667. The molecule has 0 unspecified atom stereocenters. The molecule has 1 heterocycles. The van der Waals surface area contributed by atoms with E-state index in [0.29, 0.717) is 6.54 Å². The van der Waals surface area contributed by atoms with Crippen molar-refractivity contribution in [2.45, 2.75) is 77.2 Å². The Morgan fingerprint density at radius 2 is 1.89 bits per heavy atom. The lowest BCUT2D eigenvalue weighted by molar-refractivity contribution is -0.128. The van der Waals surface area contributed by atoms with Gasteiger partial charge in [-0.3, -0.25) is 9.69 Å². The quantitative estimate of drug-likeness (QED) is 0.708. The van der Waals surface area contributed by atoms with Crippen LogP contribution in [0.4, 0.5) is 0 Å². The van der Waals surface area contributed by atoms with Gasteiger partial charge in [0.1, 0.15) is 18.0 Å². The molecule has 1 aromatic rings. The zero-order valence-corrected chi connectivity index (χ0v) is 19.3. The second kappa shape index (κ2) is 8.94. The van der Waals surface area contributed by atoms with E-state index in [9.17, 15) is 9.90 Å². The predicted molar refractivity (Wildman–Crippen MR) is 114 cm³/mol. The maximum absolute atomic E-state index is 11.8. The van der Waals surface area contributed by atoms with Gasteiger partial charge in [0.05, 0.1) is 13.2 Å². The van der Waals surface area contributed by atoms with E-state index >= 15 is 0 Å². The standard InChI is InChI=1S/C21H36N2O4Si/c1-15(24)22-20-19(25)18(27-28(6,7)21(2,3)4)12-13-23(20)14-16-8-10-17(26-5)11-9-16/h8-11,18-20,25H,12-14H2,1-7H3,(H,22,24)/t18-,19+,20+/m1/s1. The highest BCUT2D eigenvalue weighted by Gasteiger charge is 2.44. The molecule has 1 fully saturated rings. The van der Waals surface area contributed by atoms with Gasteiger partial charge in [0, 0.05) is 20.0 Å². The third-order valence-corrected chi connectivity index (χ3v) is 10.5. The average Bonchev–Trinajstić information content (AvgIpc) is 2.59. The first-order valence-corrected chi connectivity index (χ1v) is 12.9. The van der Waals surface area contributed by atoms with E-state index in [1.54, 1.807) is 7.11 Å². The number of carbonyl (C=O) groups excluding carboxylic acids is 1. The molecule has 158 valence electrons. The summed E-state index contributed by atoms with van der Waals surface area (Å²) < 4.78 is 11.7. The highest BCUT2D eigenvalue weighted by molar-refractivity contribution is 6.74. The van der Waals surface area contributed by atoms with Crippen molar-refractivity contribution in [3.8, 4) is 5.75 Å². The van der Waals surface area contributed by atoms with E-state index in [1.165, 1.54) is 6.92 Å². The van der Waals surface area contributed by atoms with E-state index in [1.807, 2.05) is 24.3 Å². The summed E-state index contributed by atoms with van der Waals surface area (Å²) in [7, 11) is -0.371. The molecule has 0 saturated carbocycles. The fourth-order valence-corrected chi connectivity index (χ4v) is 4.60. The molecule has 1 aliphatic rings. The van der Waals surface area contributed by atoms with Crippen LogP contribution in [0, 0.1) is 0 Å². The number of hydrogen-bond donors (Lipinski definition) is 2. The molecule has 0 spiro atoms. The van der Waals surface area contributed by atoms with Crippen molar-refractivity contribution in [2.75, 3.05) is 13.7 Å². The Kier molecular flexibility index (Phi) is 7.31. The monoisotopic (exact) mass is 408 g/mol. The van der Waals surface area contributed by atoms with Crippen molar-refractivity contribution in [3.63, 3.8) is 0 Å². The fourth-order valence-electron chi connectivity index (χ4n) is 3.23. The summed E-state index contributed by atoms with van der Waals surface area (Å²) in [6.07, 6.45) is -0.780. The van der Waals surface area contributed by atoms with E-state index in [4.69, 9.17) is 9.16 Å². The van der Waals surface area contributed by atoms with Crippen LogP contribution < -0.4 is 10.1 Å². The number of likely N-dealkylation sites (tertiary alicyclic amines) is 1. The Balaban J connectivity index is 2.15. The second-order valence-electron chi connectivity index (χ2n) is 9.16. The Morgan fingerprint density at radius 3 is 2.39 bits per heavy atom. The number of hydrogen-bond acceptors (Lipinski definition) is 5. The average molecular weight is 409 g/mol. The maximum atomic E-state index is 11.8. The van der Waals surface area contributed by atoms with Crippen LogP contribution in [-0.2, 0) is 15.8 Å². The lowest BCUT2D eigenvalue weighted by Crippen LogP contribution is -2.63. The van der Waals surface area contributed by atoms with Crippen molar-refractivity contribution >= 4 is 14.2 Å². The van der Waals surface area contributed by atoms with Gasteiger partial charge >= 0.3 is 0 Å². The molecule has 2 rings (SSSR count). The zero-order chi connectivity index (χ0) is 21.1. The van der Waals surface area contributed by atoms with Gasteiger partial charge in [-0.2, -0.15) is 0 Å². The molecule has 6 nitrogen and oxygen atoms in total. The molecule has 3 atom stereocenters. The van der Waals surface area contributed by atoms with Gasteiger partial charge in [0.15, 0.2) is 8.32 Å². The minimum absolute atomic E-state index is 0.0659. The number of nitrogens with zero attached hydrogens (tertiary/aromatic N) is 1. The number of piperidine rings is 1. The lowest BCUT2D eigenvalue weighted by Gasteiger charge is -2.47. The Morgan fingerprint density at radius 1 is 1.29 bits per heavy atom. The number of rotatable bonds is 6. The molecule has 0 radical (unpaired) electrons. The Labute approximate surface area is 170 Å². The number of carbonyl (C=O) groups is 1. The van der Waals surface area contributed by atoms with Gasteiger partial charge in [-0.05, 0) is 42.2 Å². The van der Waals surface area contributed by atoms with Crippen molar-refractivity contribution in [2.24, 2.45) is 0 Å². The lowest BCUT2D eigenvalue weighted by atomic mass is 10.00.